The van der Waals surface area contributed by atoms with Crippen LogP contribution in [0.1, 0.15) is 0 Å². The molecule has 0 aliphatic rings. The number of hydrogen-bond acceptors (Lipinski definition) is 0. The summed E-state index contributed by atoms with van der Waals surface area (Å²) in [6.07, 6.45) is 0. The van der Waals surface area contributed by atoms with E-state index in [9.17, 15) is 0 Å². The van der Waals surface area contributed by atoms with Crippen molar-refractivity contribution >= 4 is 35.6 Å². The van der Waals surface area contributed by atoms with Crippen molar-refractivity contribution in [3.05, 3.63) is 54.6 Å². The van der Waals surface area contributed by atoms with E-state index in [4.69, 9.17) is 0 Å². The summed E-state index contributed by atoms with van der Waals surface area (Å²) in [7, 11) is 0. The van der Waals surface area contributed by atoms with Crippen LogP contribution in [-0.4, -0.2) is 0 Å². The molecule has 0 atom stereocenters. The molecule has 0 aliphatic carbocycles. The normalized spacial score (nSPS) is 11.7. The van der Waals surface area contributed by atoms with Crippen LogP contribution in [0.4, 0.5) is 0 Å². The van der Waals surface area contributed by atoms with Gasteiger partial charge in [0.15, 0.2) is 0 Å². The Morgan fingerprint density at radius 2 is 1.18 bits per heavy atom. The molecule has 17 heavy (non-hydrogen) atoms. The SMILES string of the molecule is [Zr][c]1ccc2ccc3cccc4ccc1c2c34. The van der Waals surface area contributed by atoms with E-state index in [1.165, 1.54) is 60.3 Å². The molecule has 0 spiro atoms. The third-order valence-corrected chi connectivity index (χ3v) is 4.60. The summed E-state index contributed by atoms with van der Waals surface area (Å²) in [6.45, 7) is 0. The molecule has 0 saturated carbocycles. The minimum atomic E-state index is 1.35. The van der Waals surface area contributed by atoms with Crippen LogP contribution in [0.5, 0.6) is 0 Å². The van der Waals surface area contributed by atoms with E-state index in [2.05, 4.69) is 54.6 Å². The second-order valence-corrected chi connectivity index (χ2v) is 5.79. The first-order chi connectivity index (χ1) is 8.34. The second-order valence-electron chi connectivity index (χ2n) is 4.47. The van der Waals surface area contributed by atoms with Crippen molar-refractivity contribution in [2.24, 2.45) is 0 Å². The van der Waals surface area contributed by atoms with Crippen LogP contribution in [0, 0.1) is 0 Å². The summed E-state index contributed by atoms with van der Waals surface area (Å²) in [6, 6.07) is 20.0. The van der Waals surface area contributed by atoms with Gasteiger partial charge in [0.25, 0.3) is 0 Å². The Morgan fingerprint density at radius 3 is 1.94 bits per heavy atom. The maximum absolute atomic E-state index is 2.27. The summed E-state index contributed by atoms with van der Waals surface area (Å²) >= 11 is 1.49. The molecule has 0 aromatic heterocycles. The van der Waals surface area contributed by atoms with Crippen LogP contribution in [0.2, 0.25) is 0 Å². The molecule has 0 aliphatic heterocycles. The van der Waals surface area contributed by atoms with Crippen molar-refractivity contribution in [3.63, 3.8) is 0 Å². The van der Waals surface area contributed by atoms with Crippen molar-refractivity contribution in [2.45, 2.75) is 0 Å². The molecule has 0 fully saturated rings. The van der Waals surface area contributed by atoms with Crippen molar-refractivity contribution in [2.75, 3.05) is 0 Å². The summed E-state index contributed by atoms with van der Waals surface area (Å²) in [5, 5.41) is 8.34. The van der Waals surface area contributed by atoms with Gasteiger partial charge in [-0.2, -0.15) is 0 Å². The summed E-state index contributed by atoms with van der Waals surface area (Å²) in [4.78, 5) is 0. The summed E-state index contributed by atoms with van der Waals surface area (Å²) < 4.78 is 1.45. The quantitative estimate of drug-likeness (QED) is 0.433. The van der Waals surface area contributed by atoms with E-state index in [-0.39, 0.29) is 0 Å². The average Bonchev–Trinajstić information content (AvgIpc) is 2.38. The van der Waals surface area contributed by atoms with Gasteiger partial charge < -0.3 is 0 Å². The van der Waals surface area contributed by atoms with Crippen molar-refractivity contribution in [1.82, 2.24) is 0 Å². The van der Waals surface area contributed by atoms with Crippen molar-refractivity contribution in [3.8, 4) is 0 Å². The Kier molecular flexibility index (Phi) is 1.96. The van der Waals surface area contributed by atoms with E-state index in [0.717, 1.165) is 0 Å². The van der Waals surface area contributed by atoms with Gasteiger partial charge in [0.05, 0.1) is 0 Å². The Bertz CT molecular complexity index is 830. The van der Waals surface area contributed by atoms with Crippen molar-refractivity contribution in [1.29, 1.82) is 0 Å². The minimum absolute atomic E-state index is 1.35. The van der Waals surface area contributed by atoms with Gasteiger partial charge in [0.2, 0.25) is 0 Å². The Balaban J connectivity index is 2.48. The topological polar surface area (TPSA) is 0 Å². The zero-order chi connectivity index (χ0) is 11.4. The van der Waals surface area contributed by atoms with Gasteiger partial charge in [0.1, 0.15) is 0 Å². The molecule has 0 nitrogen and oxygen atoms in total. The van der Waals surface area contributed by atoms with E-state index < -0.39 is 0 Å². The first-order valence-corrected chi connectivity index (χ1v) is 6.96. The summed E-state index contributed by atoms with van der Waals surface area (Å²) in [5.41, 5.74) is 0. The molecule has 0 heterocycles. The van der Waals surface area contributed by atoms with Gasteiger partial charge in [-0.25, -0.2) is 0 Å². The van der Waals surface area contributed by atoms with Gasteiger partial charge in [0, 0.05) is 0 Å². The molecule has 0 unspecified atom stereocenters. The first kappa shape index (κ1) is 9.79. The zero-order valence-corrected chi connectivity index (χ0v) is 11.7. The predicted octanol–water partition coefficient (Wildman–Crippen LogP) is 3.76. The standard InChI is InChI=1S/C16H9.Zr/c1-3-11-7-9-13-5-2-6-14-10-8-12(4-1)15(11)16(13)14;/h1-5,7-10H;. The molecule has 0 bridgehead atoms. The van der Waals surface area contributed by atoms with E-state index in [0.29, 0.717) is 0 Å². The number of rotatable bonds is 0. The molecule has 0 N–H and O–H groups in total. The molecule has 1 heteroatoms. The van der Waals surface area contributed by atoms with Crippen LogP contribution in [0.3, 0.4) is 0 Å². The molecule has 0 saturated heterocycles. The van der Waals surface area contributed by atoms with Crippen LogP contribution in [-0.2, 0) is 24.7 Å². The number of hydrogen-bond donors (Lipinski definition) is 0. The fourth-order valence-electron chi connectivity index (χ4n) is 2.74. The van der Waals surface area contributed by atoms with Crippen LogP contribution in [0.25, 0.3) is 32.3 Å². The monoisotopic (exact) mass is 291 g/mol. The molecular formula is C16H9Zr. The Hall–Kier alpha value is -1.20. The van der Waals surface area contributed by atoms with Gasteiger partial charge in [-0.15, -0.1) is 0 Å². The van der Waals surface area contributed by atoms with Gasteiger partial charge in [-0.3, -0.25) is 0 Å². The first-order valence-electron chi connectivity index (χ1n) is 5.73. The van der Waals surface area contributed by atoms with Gasteiger partial charge in [-0.1, -0.05) is 0 Å². The number of benzene rings is 4. The molecule has 0 amide bonds. The van der Waals surface area contributed by atoms with Gasteiger partial charge in [-0.05, 0) is 0 Å². The van der Waals surface area contributed by atoms with Gasteiger partial charge >= 0.3 is 115 Å². The summed E-state index contributed by atoms with van der Waals surface area (Å²) in [5.74, 6) is 0. The molecule has 4 aromatic carbocycles. The fraction of sp³-hybridized carbons (Fsp3) is 0. The fourth-order valence-corrected chi connectivity index (χ4v) is 3.45. The van der Waals surface area contributed by atoms with Crippen LogP contribution >= 0.6 is 0 Å². The molecule has 4 rings (SSSR count). The predicted molar refractivity (Wildman–Crippen MR) is 69.8 cm³/mol. The van der Waals surface area contributed by atoms with E-state index in [1.807, 2.05) is 0 Å². The molecule has 4 aromatic rings. The average molecular weight is 292 g/mol. The zero-order valence-electron chi connectivity index (χ0n) is 9.20. The maximum atomic E-state index is 2.27. The van der Waals surface area contributed by atoms with Crippen LogP contribution < -0.4 is 3.27 Å². The molecule has 77 valence electrons. The second kappa shape index (κ2) is 3.40. The van der Waals surface area contributed by atoms with E-state index >= 15 is 0 Å². The Morgan fingerprint density at radius 1 is 0.588 bits per heavy atom. The van der Waals surface area contributed by atoms with Crippen LogP contribution in [0.15, 0.2) is 54.6 Å². The Labute approximate surface area is 114 Å². The van der Waals surface area contributed by atoms with E-state index in [1.54, 1.807) is 0 Å². The molecule has 0 radical (unpaired) electrons. The van der Waals surface area contributed by atoms with Crippen molar-refractivity contribution < 1.29 is 24.7 Å². The third-order valence-electron chi connectivity index (χ3n) is 3.53. The third kappa shape index (κ3) is 1.26. The molecular weight excluding hydrogens is 283 g/mol.